The molecule has 0 amide bonds. The number of aliphatic hydroxyl groups is 1. The van der Waals surface area contributed by atoms with Crippen molar-refractivity contribution in [3.8, 4) is 0 Å². The molecule has 0 atom stereocenters. The lowest BCUT2D eigenvalue weighted by Crippen LogP contribution is -2.02. The molecule has 5 N–H and O–H groups in total. The quantitative estimate of drug-likeness (QED) is 0.385. The maximum Gasteiger partial charge on any atom is 0.469 e. The molecule has 7 heteroatoms. The number of hydrogen-bond donors (Lipinski definition) is 4. The first-order valence-corrected chi connectivity index (χ1v) is 6.52. The first kappa shape index (κ1) is 17.4. The third kappa shape index (κ3) is 24.9. The molecule has 0 unspecified atom stereocenters. The van der Waals surface area contributed by atoms with E-state index in [0.717, 1.165) is 25.7 Å². The number of unbranched alkanes of at least 4 members (excludes halogenated alkanes) is 3. The smallest absolute Gasteiger partial charge is 0.395 e. The van der Waals surface area contributed by atoms with Crippen molar-refractivity contribution in [2.75, 3.05) is 19.8 Å². The van der Waals surface area contributed by atoms with Gasteiger partial charge in [-0.15, -0.1) is 0 Å². The molecule has 6 nitrogen and oxygen atoms in total. The second kappa shape index (κ2) is 12.1. The van der Waals surface area contributed by atoms with E-state index < -0.39 is 7.82 Å². The van der Waals surface area contributed by atoms with Gasteiger partial charge < -0.3 is 20.6 Å². The van der Waals surface area contributed by atoms with E-state index in [0.29, 0.717) is 6.54 Å². The summed E-state index contributed by atoms with van der Waals surface area (Å²) in [6, 6.07) is 0. The van der Waals surface area contributed by atoms with E-state index in [1.54, 1.807) is 0 Å². The van der Waals surface area contributed by atoms with Gasteiger partial charge in [0.15, 0.2) is 0 Å². The topological polar surface area (TPSA) is 113 Å². The Labute approximate surface area is 90.7 Å². The zero-order chi connectivity index (χ0) is 12.2. The van der Waals surface area contributed by atoms with Crippen LogP contribution in [0.1, 0.15) is 32.6 Å². The van der Waals surface area contributed by atoms with Gasteiger partial charge >= 0.3 is 7.82 Å². The van der Waals surface area contributed by atoms with E-state index in [1.165, 1.54) is 0 Å². The van der Waals surface area contributed by atoms with Crippen molar-refractivity contribution >= 4 is 7.82 Å². The van der Waals surface area contributed by atoms with Gasteiger partial charge in [-0.3, -0.25) is 4.52 Å². The highest BCUT2D eigenvalue weighted by Gasteiger charge is 2.11. The van der Waals surface area contributed by atoms with Crippen LogP contribution in [0.25, 0.3) is 0 Å². The summed E-state index contributed by atoms with van der Waals surface area (Å²) in [4.78, 5) is 16.5. The lowest BCUT2D eigenvalue weighted by molar-refractivity contribution is 0.193. The Balaban J connectivity index is 0. The zero-order valence-electron chi connectivity index (χ0n) is 9.13. The number of phosphoric ester groups is 1. The predicted molar refractivity (Wildman–Crippen MR) is 58.3 cm³/mol. The molecule has 0 aromatic heterocycles. The molecule has 0 fully saturated rings. The van der Waals surface area contributed by atoms with E-state index >= 15 is 0 Å². The molecule has 0 radical (unpaired) electrons. The Morgan fingerprint density at radius 1 is 1.27 bits per heavy atom. The maximum absolute atomic E-state index is 10.1. The summed E-state index contributed by atoms with van der Waals surface area (Å²) in [5.41, 5.74) is 4.78. The van der Waals surface area contributed by atoms with Crippen LogP contribution >= 0.6 is 7.82 Å². The first-order chi connectivity index (χ1) is 6.97. The Kier molecular flexibility index (Phi) is 14.1. The molecule has 0 aromatic carbocycles. The molecule has 0 spiro atoms. The number of phosphoric acid groups is 1. The van der Waals surface area contributed by atoms with Crippen molar-refractivity contribution in [1.29, 1.82) is 0 Å². The summed E-state index contributed by atoms with van der Waals surface area (Å²) >= 11 is 0. The summed E-state index contributed by atoms with van der Waals surface area (Å²) in [5.74, 6) is 0. The fourth-order valence-corrected chi connectivity index (χ4v) is 1.08. The lowest BCUT2D eigenvalue weighted by atomic mass is 10.2. The van der Waals surface area contributed by atoms with Crippen LogP contribution in [0, 0.1) is 0 Å². The standard InChI is InChI=1S/C6H15O4P.C2H7NO/c1-2-3-4-5-6-10-11(7,8)9;3-1-2-4/h2-6H2,1H3,(H2,7,8,9);4H,1-3H2. The molecule has 15 heavy (non-hydrogen) atoms. The van der Waals surface area contributed by atoms with Crippen molar-refractivity contribution in [2.45, 2.75) is 32.6 Å². The van der Waals surface area contributed by atoms with Crippen LogP contribution in [-0.2, 0) is 9.09 Å². The largest absolute Gasteiger partial charge is 0.469 e. The van der Waals surface area contributed by atoms with Crippen molar-refractivity contribution in [2.24, 2.45) is 5.73 Å². The molecule has 0 aromatic rings. The van der Waals surface area contributed by atoms with Gasteiger partial charge in [0.25, 0.3) is 0 Å². The lowest BCUT2D eigenvalue weighted by Gasteiger charge is -2.03. The first-order valence-electron chi connectivity index (χ1n) is 4.99. The minimum absolute atomic E-state index is 0.0972. The van der Waals surface area contributed by atoms with E-state index in [2.05, 4.69) is 11.4 Å². The minimum atomic E-state index is -4.21. The molecule has 0 aliphatic heterocycles. The van der Waals surface area contributed by atoms with Crippen molar-refractivity contribution in [3.05, 3.63) is 0 Å². The monoisotopic (exact) mass is 243 g/mol. The molecule has 0 rings (SSSR count). The molecule has 0 saturated carbocycles. The fourth-order valence-electron chi connectivity index (χ4n) is 0.712. The summed E-state index contributed by atoms with van der Waals surface area (Å²) in [7, 11) is -4.21. The highest BCUT2D eigenvalue weighted by Crippen LogP contribution is 2.35. The van der Waals surface area contributed by atoms with Gasteiger partial charge in [0.2, 0.25) is 0 Å². The average Bonchev–Trinajstić information content (AvgIpc) is 2.16. The predicted octanol–water partition coefficient (Wildman–Crippen LogP) is 0.613. The normalized spacial score (nSPS) is 10.7. The Morgan fingerprint density at radius 3 is 2.13 bits per heavy atom. The third-order valence-corrected chi connectivity index (χ3v) is 1.91. The molecular formula is C8H22NO5P. The summed E-state index contributed by atoms with van der Waals surface area (Å²) < 4.78 is 14.4. The molecule has 0 bridgehead atoms. The van der Waals surface area contributed by atoms with Crippen LogP contribution in [0.3, 0.4) is 0 Å². The number of nitrogens with two attached hydrogens (primary N) is 1. The fraction of sp³-hybridized carbons (Fsp3) is 1.00. The average molecular weight is 243 g/mol. The van der Waals surface area contributed by atoms with Crippen LogP contribution in [0.4, 0.5) is 0 Å². The minimum Gasteiger partial charge on any atom is -0.395 e. The van der Waals surface area contributed by atoms with Crippen LogP contribution < -0.4 is 5.73 Å². The number of aliphatic hydroxyl groups excluding tert-OH is 1. The maximum atomic E-state index is 10.1. The van der Waals surface area contributed by atoms with E-state index in [9.17, 15) is 4.57 Å². The number of hydrogen-bond acceptors (Lipinski definition) is 4. The van der Waals surface area contributed by atoms with Crippen LogP contribution in [-0.4, -0.2) is 34.7 Å². The molecule has 0 aliphatic carbocycles. The highest BCUT2D eigenvalue weighted by atomic mass is 31.2. The second-order valence-electron chi connectivity index (χ2n) is 2.90. The van der Waals surface area contributed by atoms with Crippen LogP contribution in [0.2, 0.25) is 0 Å². The van der Waals surface area contributed by atoms with Gasteiger partial charge in [-0.25, -0.2) is 4.57 Å². The highest BCUT2D eigenvalue weighted by molar-refractivity contribution is 7.46. The van der Waals surface area contributed by atoms with E-state index in [4.69, 9.17) is 20.6 Å². The number of rotatable bonds is 7. The van der Waals surface area contributed by atoms with Gasteiger partial charge in [0.1, 0.15) is 0 Å². The zero-order valence-corrected chi connectivity index (χ0v) is 10.0. The molecular weight excluding hydrogens is 221 g/mol. The van der Waals surface area contributed by atoms with Gasteiger partial charge in [0.05, 0.1) is 13.2 Å². The molecule has 94 valence electrons. The van der Waals surface area contributed by atoms with Crippen molar-refractivity contribution < 1.29 is 24.0 Å². The van der Waals surface area contributed by atoms with Gasteiger partial charge in [0, 0.05) is 6.54 Å². The molecule has 0 heterocycles. The van der Waals surface area contributed by atoms with Crippen molar-refractivity contribution in [3.63, 3.8) is 0 Å². The van der Waals surface area contributed by atoms with Crippen LogP contribution in [0.5, 0.6) is 0 Å². The SMILES string of the molecule is CCCCCCOP(=O)(O)O.NCCO. The summed E-state index contributed by atoms with van der Waals surface area (Å²) in [5, 5.41) is 7.75. The summed E-state index contributed by atoms with van der Waals surface area (Å²) in [6.07, 6.45) is 3.88. The van der Waals surface area contributed by atoms with Crippen LogP contribution in [0.15, 0.2) is 0 Å². The van der Waals surface area contributed by atoms with Gasteiger partial charge in [-0.05, 0) is 6.42 Å². The Hall–Kier alpha value is 0.0300. The second-order valence-corrected chi connectivity index (χ2v) is 4.14. The van der Waals surface area contributed by atoms with Crippen molar-refractivity contribution in [1.82, 2.24) is 0 Å². The third-order valence-electron chi connectivity index (χ3n) is 1.39. The Morgan fingerprint density at radius 2 is 1.80 bits per heavy atom. The van der Waals surface area contributed by atoms with Gasteiger partial charge in [-0.1, -0.05) is 26.2 Å². The van der Waals surface area contributed by atoms with E-state index in [-0.39, 0.29) is 13.2 Å². The molecule has 0 saturated heterocycles. The Bertz CT molecular complexity index is 159. The molecule has 0 aliphatic rings. The summed E-state index contributed by atoms with van der Waals surface area (Å²) in [6.45, 7) is 2.70. The van der Waals surface area contributed by atoms with Gasteiger partial charge in [-0.2, -0.15) is 0 Å². The van der Waals surface area contributed by atoms with E-state index in [1.807, 2.05) is 0 Å².